The molecule has 1 aliphatic heterocycles. The molecule has 88 valence electrons. The number of thioether (sulfide) groups is 1. The van der Waals surface area contributed by atoms with Gasteiger partial charge in [-0.05, 0) is 29.9 Å². The maximum Gasteiger partial charge on any atom is 0.144 e. The molecule has 0 saturated carbocycles. The number of nitrogens with zero attached hydrogens (tertiary/aromatic N) is 2. The first-order chi connectivity index (χ1) is 7.59. The lowest BCUT2D eigenvalue weighted by Gasteiger charge is -2.31. The van der Waals surface area contributed by atoms with Crippen molar-refractivity contribution in [2.45, 2.75) is 13.0 Å². The summed E-state index contributed by atoms with van der Waals surface area (Å²) in [5, 5.41) is 0. The number of nitrogens with one attached hydrogen (secondary N) is 1. The lowest BCUT2D eigenvalue weighted by atomic mass is 10.2. The Morgan fingerprint density at radius 2 is 2.38 bits per heavy atom. The largest absolute Gasteiger partial charge is 0.345 e. The van der Waals surface area contributed by atoms with Gasteiger partial charge in [0, 0.05) is 23.7 Å². The molecule has 2 rings (SSSR count). The molecule has 1 N–H and O–H groups in total. The Morgan fingerprint density at radius 3 is 3.00 bits per heavy atom. The van der Waals surface area contributed by atoms with E-state index in [9.17, 15) is 0 Å². The normalized spacial score (nSPS) is 22.3. The highest BCUT2D eigenvalue weighted by Gasteiger charge is 2.23. The van der Waals surface area contributed by atoms with Crippen LogP contribution in [-0.2, 0) is 0 Å². The Kier molecular flexibility index (Phi) is 4.05. The van der Waals surface area contributed by atoms with E-state index < -0.39 is 0 Å². The summed E-state index contributed by atoms with van der Waals surface area (Å²) in [6, 6.07) is 0.354. The van der Waals surface area contributed by atoms with Gasteiger partial charge in [-0.3, -0.25) is 4.90 Å². The Bertz CT molecular complexity index is 446. The average molecular weight is 320 g/mol. The Labute approximate surface area is 113 Å². The number of H-pyrrole nitrogens is 1. The van der Waals surface area contributed by atoms with Gasteiger partial charge in [0.2, 0.25) is 0 Å². The molecule has 0 aliphatic carbocycles. The van der Waals surface area contributed by atoms with Crippen molar-refractivity contribution in [3.63, 3.8) is 0 Å². The highest BCUT2D eigenvalue weighted by atomic mass is 79.9. The summed E-state index contributed by atoms with van der Waals surface area (Å²) < 4.78 is 1.55. The minimum absolute atomic E-state index is 0.354. The van der Waals surface area contributed by atoms with Crippen LogP contribution in [0.25, 0.3) is 0 Å². The van der Waals surface area contributed by atoms with Crippen LogP contribution in [0.15, 0.2) is 4.47 Å². The number of rotatable bonds is 1. The van der Waals surface area contributed by atoms with Gasteiger partial charge in [-0.25, -0.2) is 4.98 Å². The van der Waals surface area contributed by atoms with Crippen molar-refractivity contribution in [3.05, 3.63) is 20.6 Å². The van der Waals surface area contributed by atoms with Gasteiger partial charge in [0.1, 0.15) is 10.5 Å². The van der Waals surface area contributed by atoms with E-state index in [1.807, 2.05) is 18.7 Å². The van der Waals surface area contributed by atoms with Gasteiger partial charge in [-0.2, -0.15) is 11.8 Å². The maximum absolute atomic E-state index is 5.23. The van der Waals surface area contributed by atoms with E-state index in [4.69, 9.17) is 12.2 Å². The molecule has 0 radical (unpaired) electrons. The van der Waals surface area contributed by atoms with Gasteiger partial charge < -0.3 is 4.98 Å². The fraction of sp³-hybridized carbons (Fsp3) is 0.600. The molecule has 3 nitrogen and oxygen atoms in total. The molecule has 0 amide bonds. The molecule has 2 heterocycles. The second-order valence-electron chi connectivity index (χ2n) is 3.94. The number of halogens is 1. The van der Waals surface area contributed by atoms with Crippen LogP contribution >= 0.6 is 39.9 Å². The van der Waals surface area contributed by atoms with Gasteiger partial charge in [-0.15, -0.1) is 0 Å². The molecule has 1 unspecified atom stereocenters. The van der Waals surface area contributed by atoms with Crippen LogP contribution in [0, 0.1) is 11.6 Å². The highest BCUT2D eigenvalue weighted by Crippen LogP contribution is 2.27. The lowest BCUT2D eigenvalue weighted by molar-refractivity contribution is 0.264. The Morgan fingerprint density at radius 1 is 1.62 bits per heavy atom. The summed E-state index contributed by atoms with van der Waals surface area (Å²) in [5.74, 6) is 3.26. The molecular formula is C10H14BrN3S2. The van der Waals surface area contributed by atoms with Crippen LogP contribution in [-0.4, -0.2) is 40.0 Å². The minimum Gasteiger partial charge on any atom is -0.345 e. The third kappa shape index (κ3) is 2.50. The summed E-state index contributed by atoms with van der Waals surface area (Å²) in [4.78, 5) is 10.1. The first-order valence-electron chi connectivity index (χ1n) is 5.14. The number of hydrogen-bond acceptors (Lipinski definition) is 4. The molecule has 0 spiro atoms. The Balaban J connectivity index is 2.36. The monoisotopic (exact) mass is 319 g/mol. The highest BCUT2D eigenvalue weighted by molar-refractivity contribution is 9.10. The molecule has 1 aromatic heterocycles. The van der Waals surface area contributed by atoms with E-state index in [0.29, 0.717) is 10.7 Å². The van der Waals surface area contributed by atoms with Gasteiger partial charge in [-0.1, -0.05) is 12.2 Å². The second-order valence-corrected chi connectivity index (χ2v) is 6.27. The van der Waals surface area contributed by atoms with E-state index in [-0.39, 0.29) is 0 Å². The van der Waals surface area contributed by atoms with E-state index in [2.05, 4.69) is 37.8 Å². The standard InChI is InChI=1S/C10H14BrN3S2/c1-6-8(11)10(15)13-9(12-6)7-5-16-4-3-14(7)2/h7H,3-5H2,1-2H3,(H,12,13,15). The van der Waals surface area contributed by atoms with Crippen molar-refractivity contribution in [1.82, 2.24) is 14.9 Å². The molecular weight excluding hydrogens is 306 g/mol. The fourth-order valence-electron chi connectivity index (χ4n) is 1.73. The van der Waals surface area contributed by atoms with Crippen molar-refractivity contribution in [3.8, 4) is 0 Å². The number of aromatic nitrogens is 2. The summed E-state index contributed by atoms with van der Waals surface area (Å²) in [5.41, 5.74) is 1.05. The van der Waals surface area contributed by atoms with Crippen LogP contribution in [0.1, 0.15) is 17.6 Å². The van der Waals surface area contributed by atoms with Gasteiger partial charge in [0.25, 0.3) is 0 Å². The molecule has 0 bridgehead atoms. The molecule has 6 heteroatoms. The zero-order valence-electron chi connectivity index (χ0n) is 9.29. The number of hydrogen-bond donors (Lipinski definition) is 1. The van der Waals surface area contributed by atoms with Crippen molar-refractivity contribution in [2.24, 2.45) is 0 Å². The third-order valence-electron chi connectivity index (χ3n) is 2.77. The first kappa shape index (κ1) is 12.5. The van der Waals surface area contributed by atoms with E-state index in [1.165, 1.54) is 5.75 Å². The summed E-state index contributed by atoms with van der Waals surface area (Å²) in [6.45, 7) is 3.12. The zero-order chi connectivity index (χ0) is 11.7. The molecule has 16 heavy (non-hydrogen) atoms. The van der Waals surface area contributed by atoms with Gasteiger partial charge in [0.05, 0.1) is 10.5 Å². The van der Waals surface area contributed by atoms with Crippen LogP contribution in [0.2, 0.25) is 0 Å². The number of aromatic amines is 1. The average Bonchev–Trinajstić information content (AvgIpc) is 2.26. The van der Waals surface area contributed by atoms with Crippen LogP contribution in [0.3, 0.4) is 0 Å². The Hall–Kier alpha value is 0.0900. The first-order valence-corrected chi connectivity index (χ1v) is 7.49. The van der Waals surface area contributed by atoms with Crippen molar-refractivity contribution in [2.75, 3.05) is 25.1 Å². The van der Waals surface area contributed by atoms with Gasteiger partial charge in [0.15, 0.2) is 0 Å². The van der Waals surface area contributed by atoms with Crippen LogP contribution in [0.5, 0.6) is 0 Å². The fourth-order valence-corrected chi connectivity index (χ4v) is 3.38. The van der Waals surface area contributed by atoms with Crippen molar-refractivity contribution >= 4 is 39.9 Å². The molecule has 1 saturated heterocycles. The third-order valence-corrected chi connectivity index (χ3v) is 5.32. The smallest absolute Gasteiger partial charge is 0.144 e. The summed E-state index contributed by atoms with van der Waals surface area (Å²) in [7, 11) is 2.14. The predicted octanol–water partition coefficient (Wildman–Crippen LogP) is 2.93. The number of aryl methyl sites for hydroxylation is 1. The molecule has 1 atom stereocenters. The molecule has 1 aromatic rings. The summed E-state index contributed by atoms with van der Waals surface area (Å²) >= 11 is 10.6. The van der Waals surface area contributed by atoms with Crippen molar-refractivity contribution in [1.29, 1.82) is 0 Å². The van der Waals surface area contributed by atoms with Crippen molar-refractivity contribution < 1.29 is 0 Å². The summed E-state index contributed by atoms with van der Waals surface area (Å²) in [6.07, 6.45) is 0. The SMILES string of the molecule is Cc1[nH]c(C2CSCCN2C)nc(=S)c1Br. The minimum atomic E-state index is 0.354. The topological polar surface area (TPSA) is 31.9 Å². The van der Waals surface area contributed by atoms with E-state index >= 15 is 0 Å². The maximum atomic E-state index is 5.23. The molecule has 1 aliphatic rings. The second kappa shape index (κ2) is 5.16. The molecule has 0 aromatic carbocycles. The van der Waals surface area contributed by atoms with Crippen LogP contribution in [0.4, 0.5) is 0 Å². The van der Waals surface area contributed by atoms with E-state index in [0.717, 1.165) is 28.3 Å². The lowest BCUT2D eigenvalue weighted by Crippen LogP contribution is -2.34. The van der Waals surface area contributed by atoms with Crippen LogP contribution < -0.4 is 0 Å². The van der Waals surface area contributed by atoms with Gasteiger partial charge >= 0.3 is 0 Å². The van der Waals surface area contributed by atoms with E-state index in [1.54, 1.807) is 0 Å². The molecule has 1 fully saturated rings. The zero-order valence-corrected chi connectivity index (χ0v) is 12.5. The quantitative estimate of drug-likeness (QED) is 0.807. The predicted molar refractivity (Wildman–Crippen MR) is 74.6 cm³/mol.